The number of rotatable bonds is 4. The summed E-state index contributed by atoms with van der Waals surface area (Å²) in [5.74, 6) is -0.00386. The lowest BCUT2D eigenvalue weighted by Gasteiger charge is -2.13. The molecule has 0 aliphatic heterocycles. The van der Waals surface area contributed by atoms with Gasteiger partial charge < -0.3 is 9.47 Å². The molecule has 5 nitrogen and oxygen atoms in total. The molecule has 108 valence electrons. The van der Waals surface area contributed by atoms with Gasteiger partial charge in [0.15, 0.2) is 17.3 Å². The van der Waals surface area contributed by atoms with Crippen LogP contribution in [0.2, 0.25) is 0 Å². The van der Waals surface area contributed by atoms with Crippen molar-refractivity contribution in [2.24, 2.45) is 0 Å². The number of ether oxygens (including phenoxy) is 2. The van der Waals surface area contributed by atoms with Crippen LogP contribution in [0.3, 0.4) is 0 Å². The van der Waals surface area contributed by atoms with Crippen LogP contribution in [0, 0.1) is 19.3 Å². The monoisotopic (exact) mass is 287 g/mol. The highest BCUT2D eigenvalue weighted by Crippen LogP contribution is 2.30. The third kappa shape index (κ3) is 3.45. The van der Waals surface area contributed by atoms with Crippen LogP contribution in [0.4, 0.5) is 10.1 Å². The first kappa shape index (κ1) is 14.7. The maximum atomic E-state index is 13.8. The molecule has 0 aliphatic rings. The highest BCUT2D eigenvalue weighted by molar-refractivity contribution is 5.49. The van der Waals surface area contributed by atoms with Gasteiger partial charge in [0.25, 0.3) is 0 Å². The molecule has 0 atom stereocenters. The zero-order valence-corrected chi connectivity index (χ0v) is 11.9. The highest BCUT2D eigenvalue weighted by Gasteiger charge is 2.13. The van der Waals surface area contributed by atoms with Gasteiger partial charge in [-0.2, -0.15) is 0 Å². The summed E-state index contributed by atoms with van der Waals surface area (Å²) < 4.78 is 24.8. The van der Waals surface area contributed by atoms with Gasteiger partial charge in [0.1, 0.15) is 6.33 Å². The number of hydrogen-bond acceptors (Lipinski definition) is 4. The second-order valence-corrected chi connectivity index (χ2v) is 4.60. The van der Waals surface area contributed by atoms with Gasteiger partial charge in [0, 0.05) is 0 Å². The number of halogens is 1. The van der Waals surface area contributed by atoms with Crippen molar-refractivity contribution in [3.63, 3.8) is 0 Å². The second-order valence-electron chi connectivity index (χ2n) is 4.60. The van der Waals surface area contributed by atoms with Crippen LogP contribution in [0.5, 0.6) is 17.5 Å². The van der Waals surface area contributed by atoms with E-state index in [1.165, 1.54) is 18.5 Å². The Kier molecular flexibility index (Phi) is 4.33. The fraction of sp³-hybridized carbons (Fsp3) is 0.267. The average Bonchev–Trinajstić information content (AvgIpc) is 2.44. The van der Waals surface area contributed by atoms with Crippen LogP contribution in [-0.4, -0.2) is 16.1 Å². The van der Waals surface area contributed by atoms with Crippen molar-refractivity contribution in [3.05, 3.63) is 47.3 Å². The molecule has 2 rings (SSSR count). The first-order chi connectivity index (χ1) is 10.0. The number of hydrogen-bond donors (Lipinski definition) is 0. The molecule has 0 saturated carbocycles. The van der Waals surface area contributed by atoms with Crippen LogP contribution in [0.25, 0.3) is 4.85 Å². The minimum atomic E-state index is -0.618. The van der Waals surface area contributed by atoms with Gasteiger partial charge in [-0.15, -0.1) is 0 Å². The minimum Gasteiger partial charge on any atom is -0.475 e. The van der Waals surface area contributed by atoms with E-state index >= 15 is 0 Å². The lowest BCUT2D eigenvalue weighted by atomic mass is 10.3. The molecule has 0 fully saturated rings. The quantitative estimate of drug-likeness (QED) is 0.796. The largest absolute Gasteiger partial charge is 0.475 e. The summed E-state index contributed by atoms with van der Waals surface area (Å²) in [7, 11) is 0. The lowest BCUT2D eigenvalue weighted by molar-refractivity contribution is 0.228. The molecule has 6 heteroatoms. The van der Waals surface area contributed by atoms with E-state index in [9.17, 15) is 4.39 Å². The van der Waals surface area contributed by atoms with E-state index in [2.05, 4.69) is 14.8 Å². The summed E-state index contributed by atoms with van der Waals surface area (Å²) in [5.41, 5.74) is 0.794. The molecular weight excluding hydrogens is 273 g/mol. The van der Waals surface area contributed by atoms with Crippen LogP contribution in [0.1, 0.15) is 19.4 Å². The Morgan fingerprint density at radius 2 is 1.95 bits per heavy atom. The smallest absolute Gasteiger partial charge is 0.229 e. The van der Waals surface area contributed by atoms with Crippen LogP contribution >= 0.6 is 0 Å². The van der Waals surface area contributed by atoms with Crippen molar-refractivity contribution >= 4 is 5.69 Å². The standard InChI is InChI=1S/C15H14FN3O2/c1-9(2)20-14-10(3)15(19-8-18-14)21-13-6-5-11(17-4)7-12(13)16/h5-9H,1-3H3. The molecule has 0 saturated heterocycles. The van der Waals surface area contributed by atoms with E-state index in [0.29, 0.717) is 11.4 Å². The topological polar surface area (TPSA) is 48.6 Å². The highest BCUT2D eigenvalue weighted by atomic mass is 19.1. The molecule has 1 aromatic carbocycles. The zero-order chi connectivity index (χ0) is 15.4. The Bertz CT molecular complexity index is 696. The van der Waals surface area contributed by atoms with Gasteiger partial charge in [-0.25, -0.2) is 19.2 Å². The summed E-state index contributed by atoms with van der Waals surface area (Å²) in [5, 5.41) is 0. The van der Waals surface area contributed by atoms with Gasteiger partial charge in [0.05, 0.1) is 18.2 Å². The molecule has 0 aliphatic carbocycles. The van der Waals surface area contributed by atoms with E-state index in [-0.39, 0.29) is 23.4 Å². The van der Waals surface area contributed by atoms with Crippen molar-refractivity contribution in [2.75, 3.05) is 0 Å². The summed E-state index contributed by atoms with van der Waals surface area (Å²) in [6, 6.07) is 3.99. The molecule has 0 spiro atoms. The zero-order valence-electron chi connectivity index (χ0n) is 11.9. The van der Waals surface area contributed by atoms with E-state index in [0.717, 1.165) is 6.07 Å². The predicted octanol–water partition coefficient (Wildman–Crippen LogP) is 4.05. The Labute approximate surface area is 122 Å². The van der Waals surface area contributed by atoms with Crippen LogP contribution in [-0.2, 0) is 0 Å². The summed E-state index contributed by atoms with van der Waals surface area (Å²) in [6.07, 6.45) is 1.26. The van der Waals surface area contributed by atoms with E-state index < -0.39 is 5.82 Å². The molecule has 2 aromatic rings. The van der Waals surface area contributed by atoms with Crippen molar-refractivity contribution < 1.29 is 13.9 Å². The first-order valence-corrected chi connectivity index (χ1v) is 6.34. The van der Waals surface area contributed by atoms with E-state index in [1.807, 2.05) is 13.8 Å². The van der Waals surface area contributed by atoms with E-state index in [1.54, 1.807) is 6.92 Å². The first-order valence-electron chi connectivity index (χ1n) is 6.34. The predicted molar refractivity (Wildman–Crippen MR) is 75.3 cm³/mol. The van der Waals surface area contributed by atoms with Crippen molar-refractivity contribution in [1.82, 2.24) is 9.97 Å². The van der Waals surface area contributed by atoms with Crippen LogP contribution in [0.15, 0.2) is 24.5 Å². The summed E-state index contributed by atoms with van der Waals surface area (Å²) in [4.78, 5) is 11.2. The van der Waals surface area contributed by atoms with E-state index in [4.69, 9.17) is 16.0 Å². The number of benzene rings is 1. The third-order valence-electron chi connectivity index (χ3n) is 2.59. The second kappa shape index (κ2) is 6.18. The minimum absolute atomic E-state index is 0.000281. The maximum Gasteiger partial charge on any atom is 0.229 e. The number of nitrogens with zero attached hydrogens (tertiary/aromatic N) is 3. The Hall–Kier alpha value is -2.68. The van der Waals surface area contributed by atoms with Gasteiger partial charge in [-0.3, -0.25) is 0 Å². The Morgan fingerprint density at radius 1 is 1.24 bits per heavy atom. The van der Waals surface area contributed by atoms with Gasteiger partial charge in [0.2, 0.25) is 11.8 Å². The average molecular weight is 287 g/mol. The normalized spacial score (nSPS) is 10.3. The molecule has 0 radical (unpaired) electrons. The fourth-order valence-electron chi connectivity index (χ4n) is 1.61. The summed E-state index contributed by atoms with van der Waals surface area (Å²) >= 11 is 0. The Balaban J connectivity index is 2.30. The molecule has 0 unspecified atom stereocenters. The van der Waals surface area contributed by atoms with Gasteiger partial charge >= 0.3 is 0 Å². The fourth-order valence-corrected chi connectivity index (χ4v) is 1.61. The van der Waals surface area contributed by atoms with Gasteiger partial charge in [-0.05, 0) is 32.9 Å². The molecule has 21 heavy (non-hydrogen) atoms. The SMILES string of the molecule is [C-]#[N+]c1ccc(Oc2ncnc(OC(C)C)c2C)c(F)c1. The molecule has 1 aromatic heterocycles. The van der Waals surface area contributed by atoms with Crippen molar-refractivity contribution in [2.45, 2.75) is 26.9 Å². The van der Waals surface area contributed by atoms with Crippen LogP contribution < -0.4 is 9.47 Å². The molecule has 0 amide bonds. The summed E-state index contributed by atoms with van der Waals surface area (Å²) in [6.45, 7) is 12.3. The maximum absolute atomic E-state index is 13.8. The van der Waals surface area contributed by atoms with Gasteiger partial charge in [-0.1, -0.05) is 6.07 Å². The van der Waals surface area contributed by atoms with Crippen molar-refractivity contribution in [1.29, 1.82) is 0 Å². The van der Waals surface area contributed by atoms with Crippen molar-refractivity contribution in [3.8, 4) is 17.5 Å². The Morgan fingerprint density at radius 3 is 2.57 bits per heavy atom. The number of aromatic nitrogens is 2. The molecule has 0 N–H and O–H groups in total. The third-order valence-corrected chi connectivity index (χ3v) is 2.59. The molecule has 1 heterocycles. The molecule has 0 bridgehead atoms. The molecular formula is C15H14FN3O2. The lowest BCUT2D eigenvalue weighted by Crippen LogP contribution is -2.09.